The minimum Gasteiger partial charge on any atom is -0.392 e. The van der Waals surface area contributed by atoms with Crippen molar-refractivity contribution in [3.8, 4) is 0 Å². The fraction of sp³-hybridized carbons (Fsp3) is 0.200. The third-order valence-electron chi connectivity index (χ3n) is 1.91. The van der Waals surface area contributed by atoms with Crippen molar-refractivity contribution in [3.05, 3.63) is 34.6 Å². The van der Waals surface area contributed by atoms with E-state index in [-0.39, 0.29) is 6.61 Å². The molecule has 2 aromatic rings. The maximum absolute atomic E-state index is 8.99. The lowest BCUT2D eigenvalue weighted by atomic mass is 10.2. The number of aryl methyl sites for hydroxylation is 1. The Morgan fingerprint density at radius 3 is 2.88 bits per heavy atom. The van der Waals surface area contributed by atoms with E-state index < -0.39 is 0 Å². The van der Waals surface area contributed by atoms with E-state index in [1.54, 1.807) is 0 Å². The number of rotatable bonds is 3. The van der Waals surface area contributed by atoms with Gasteiger partial charge in [-0.25, -0.2) is 4.98 Å². The summed E-state index contributed by atoms with van der Waals surface area (Å²) < 4.78 is 5.00. The average Bonchev–Trinajstić information content (AvgIpc) is 2.64. The summed E-state index contributed by atoms with van der Waals surface area (Å²) in [6, 6.07) is 5.56. The zero-order valence-electron chi connectivity index (χ0n) is 8.48. The van der Waals surface area contributed by atoms with Gasteiger partial charge in [-0.2, -0.15) is 4.37 Å². The minimum absolute atomic E-state index is 0.0400. The normalized spacial score (nSPS) is 10.7. The van der Waals surface area contributed by atoms with E-state index in [1.165, 1.54) is 23.3 Å². The number of aliphatic hydroxyl groups excluding tert-OH is 1. The molecule has 1 heterocycles. The molecule has 84 valence electrons. The van der Waals surface area contributed by atoms with E-state index in [4.69, 9.17) is 16.7 Å². The van der Waals surface area contributed by atoms with Crippen LogP contribution < -0.4 is 0 Å². The summed E-state index contributed by atoms with van der Waals surface area (Å²) in [6.07, 6.45) is 0. The Kier molecular flexibility index (Phi) is 3.81. The van der Waals surface area contributed by atoms with Gasteiger partial charge in [0.1, 0.15) is 5.82 Å². The van der Waals surface area contributed by atoms with Crippen molar-refractivity contribution in [1.82, 2.24) is 9.36 Å². The number of aromatic nitrogens is 2. The number of aliphatic hydroxyl groups is 1. The predicted octanol–water partition coefficient (Wildman–Crippen LogP) is 3.14. The second kappa shape index (κ2) is 5.14. The molecule has 6 heteroatoms. The molecule has 0 atom stereocenters. The third kappa shape index (κ3) is 2.74. The standard InChI is InChI=1S/C10H9ClN2OS2/c1-6-12-10(16-13-6)15-8-3-2-7(5-14)9(11)4-8/h2-4,14H,5H2,1H3. The largest absolute Gasteiger partial charge is 0.392 e. The fourth-order valence-corrected chi connectivity index (χ4v) is 3.11. The first-order chi connectivity index (χ1) is 7.69. The maximum atomic E-state index is 8.99. The molecule has 1 aromatic carbocycles. The van der Waals surface area contributed by atoms with Crippen molar-refractivity contribution in [1.29, 1.82) is 0 Å². The van der Waals surface area contributed by atoms with Gasteiger partial charge >= 0.3 is 0 Å². The number of hydrogen-bond donors (Lipinski definition) is 1. The monoisotopic (exact) mass is 272 g/mol. The van der Waals surface area contributed by atoms with Crippen LogP contribution in [0.4, 0.5) is 0 Å². The first kappa shape index (κ1) is 11.9. The molecule has 0 spiro atoms. The van der Waals surface area contributed by atoms with Gasteiger partial charge in [-0.15, -0.1) is 0 Å². The van der Waals surface area contributed by atoms with Crippen molar-refractivity contribution < 1.29 is 5.11 Å². The molecule has 0 aliphatic rings. The smallest absolute Gasteiger partial charge is 0.174 e. The van der Waals surface area contributed by atoms with Crippen LogP contribution >= 0.6 is 34.9 Å². The Hall–Kier alpha value is -0.620. The molecule has 16 heavy (non-hydrogen) atoms. The van der Waals surface area contributed by atoms with Gasteiger partial charge in [0.05, 0.1) is 6.61 Å². The zero-order valence-corrected chi connectivity index (χ0v) is 10.9. The van der Waals surface area contributed by atoms with E-state index in [0.717, 1.165) is 20.6 Å². The van der Waals surface area contributed by atoms with Crippen LogP contribution in [-0.4, -0.2) is 14.5 Å². The Balaban J connectivity index is 2.19. The van der Waals surface area contributed by atoms with Crippen molar-refractivity contribution in [2.24, 2.45) is 0 Å². The highest BCUT2D eigenvalue weighted by molar-refractivity contribution is 8.01. The summed E-state index contributed by atoms with van der Waals surface area (Å²) >= 11 is 8.89. The van der Waals surface area contributed by atoms with Crippen LogP contribution in [0.3, 0.4) is 0 Å². The van der Waals surface area contributed by atoms with Crippen LogP contribution in [0.1, 0.15) is 11.4 Å². The van der Waals surface area contributed by atoms with Gasteiger partial charge in [-0.05, 0) is 36.2 Å². The summed E-state index contributed by atoms with van der Waals surface area (Å²) in [4.78, 5) is 5.25. The summed E-state index contributed by atoms with van der Waals surface area (Å²) in [5.74, 6) is 0.783. The van der Waals surface area contributed by atoms with Crippen LogP contribution in [0.15, 0.2) is 27.4 Å². The average molecular weight is 273 g/mol. The zero-order chi connectivity index (χ0) is 11.5. The topological polar surface area (TPSA) is 46.0 Å². The number of benzene rings is 1. The molecule has 0 radical (unpaired) electrons. The Morgan fingerprint density at radius 2 is 2.31 bits per heavy atom. The van der Waals surface area contributed by atoms with Gasteiger partial charge in [0, 0.05) is 9.92 Å². The van der Waals surface area contributed by atoms with Crippen LogP contribution in [0, 0.1) is 6.92 Å². The van der Waals surface area contributed by atoms with Gasteiger partial charge in [-0.3, -0.25) is 0 Å². The molecule has 1 aromatic heterocycles. The summed E-state index contributed by atoms with van der Waals surface area (Å²) in [5.41, 5.74) is 0.736. The van der Waals surface area contributed by atoms with Crippen molar-refractivity contribution in [3.63, 3.8) is 0 Å². The molecule has 3 nitrogen and oxygen atoms in total. The van der Waals surface area contributed by atoms with E-state index in [1.807, 2.05) is 25.1 Å². The molecule has 1 N–H and O–H groups in total. The Morgan fingerprint density at radius 1 is 1.50 bits per heavy atom. The van der Waals surface area contributed by atoms with Gasteiger partial charge in [-0.1, -0.05) is 29.4 Å². The van der Waals surface area contributed by atoms with Gasteiger partial charge in [0.25, 0.3) is 0 Å². The maximum Gasteiger partial charge on any atom is 0.174 e. The molecule has 0 unspecified atom stereocenters. The van der Waals surface area contributed by atoms with Crippen LogP contribution in [0.25, 0.3) is 0 Å². The molecule has 0 fully saturated rings. The SMILES string of the molecule is Cc1nsc(Sc2ccc(CO)c(Cl)c2)n1. The predicted molar refractivity (Wildman–Crippen MR) is 66.1 cm³/mol. The van der Waals surface area contributed by atoms with E-state index in [9.17, 15) is 0 Å². The lowest BCUT2D eigenvalue weighted by Gasteiger charge is -2.02. The van der Waals surface area contributed by atoms with Gasteiger partial charge in [0.15, 0.2) is 4.34 Å². The van der Waals surface area contributed by atoms with E-state index in [2.05, 4.69) is 9.36 Å². The molecular weight excluding hydrogens is 264 g/mol. The second-order valence-corrected chi connectivity index (χ2v) is 5.60. The molecule has 0 amide bonds. The van der Waals surface area contributed by atoms with Gasteiger partial charge in [0.2, 0.25) is 0 Å². The highest BCUT2D eigenvalue weighted by Gasteiger charge is 2.05. The molecule has 0 bridgehead atoms. The van der Waals surface area contributed by atoms with Crippen LogP contribution in [-0.2, 0) is 6.61 Å². The Bertz CT molecular complexity index is 501. The fourth-order valence-electron chi connectivity index (χ4n) is 1.14. The summed E-state index contributed by atoms with van der Waals surface area (Å²) in [5, 5.41) is 9.57. The van der Waals surface area contributed by atoms with Crippen LogP contribution in [0.2, 0.25) is 5.02 Å². The lowest BCUT2D eigenvalue weighted by molar-refractivity contribution is 0.282. The number of nitrogens with zero attached hydrogens (tertiary/aromatic N) is 2. The quantitative estimate of drug-likeness (QED) is 0.932. The summed E-state index contributed by atoms with van der Waals surface area (Å²) in [6.45, 7) is 1.82. The summed E-state index contributed by atoms with van der Waals surface area (Å²) in [7, 11) is 0. The third-order valence-corrected chi connectivity index (χ3v) is 4.09. The Labute approximate surface area is 107 Å². The van der Waals surface area contributed by atoms with E-state index >= 15 is 0 Å². The van der Waals surface area contributed by atoms with Crippen molar-refractivity contribution in [2.75, 3.05) is 0 Å². The first-order valence-electron chi connectivity index (χ1n) is 4.56. The lowest BCUT2D eigenvalue weighted by Crippen LogP contribution is -1.84. The molecule has 0 saturated heterocycles. The molecule has 0 aliphatic heterocycles. The number of halogens is 1. The molecular formula is C10H9ClN2OS2. The molecule has 0 aliphatic carbocycles. The first-order valence-corrected chi connectivity index (χ1v) is 6.53. The van der Waals surface area contributed by atoms with Crippen LogP contribution in [0.5, 0.6) is 0 Å². The number of hydrogen-bond acceptors (Lipinski definition) is 5. The van der Waals surface area contributed by atoms with Crippen molar-refractivity contribution in [2.45, 2.75) is 22.8 Å². The highest BCUT2D eigenvalue weighted by atomic mass is 35.5. The highest BCUT2D eigenvalue weighted by Crippen LogP contribution is 2.31. The molecule has 2 rings (SSSR count). The minimum atomic E-state index is -0.0400. The van der Waals surface area contributed by atoms with Gasteiger partial charge < -0.3 is 5.11 Å². The van der Waals surface area contributed by atoms with E-state index in [0.29, 0.717) is 5.02 Å². The van der Waals surface area contributed by atoms with Crippen molar-refractivity contribution >= 4 is 34.9 Å². The molecule has 0 saturated carbocycles. The second-order valence-electron chi connectivity index (χ2n) is 3.12.